The van der Waals surface area contributed by atoms with E-state index >= 15 is 0 Å². The van der Waals surface area contributed by atoms with Crippen LogP contribution in [-0.2, 0) is 17.9 Å². The zero-order chi connectivity index (χ0) is 17.9. The summed E-state index contributed by atoms with van der Waals surface area (Å²) < 4.78 is 6.01. The van der Waals surface area contributed by atoms with Crippen molar-refractivity contribution in [3.05, 3.63) is 71.4 Å². The van der Waals surface area contributed by atoms with E-state index in [1.54, 1.807) is 6.20 Å². The number of H-pyrrole nitrogens is 1. The fourth-order valence-electron chi connectivity index (χ4n) is 3.52. The number of rotatable bonds is 6. The van der Waals surface area contributed by atoms with Gasteiger partial charge in [-0.05, 0) is 35.4 Å². The molecule has 26 heavy (non-hydrogen) atoms. The Kier molecular flexibility index (Phi) is 4.54. The molecule has 132 valence electrons. The van der Waals surface area contributed by atoms with Gasteiger partial charge in [0, 0.05) is 12.1 Å². The molecule has 5 nitrogen and oxygen atoms in total. The van der Waals surface area contributed by atoms with Crippen LogP contribution in [0.4, 0.5) is 0 Å². The molecule has 1 aromatic heterocycles. The number of aromatic nitrogens is 2. The largest absolute Gasteiger partial charge is 0.489 e. The van der Waals surface area contributed by atoms with E-state index in [1.807, 2.05) is 48.5 Å². The number of fused-ring (bicyclic) bond motifs is 1. The molecule has 0 bridgehead atoms. The van der Waals surface area contributed by atoms with Crippen LogP contribution in [0.2, 0.25) is 0 Å². The lowest BCUT2D eigenvalue weighted by molar-refractivity contribution is -0.112. The molecule has 1 aliphatic rings. The summed E-state index contributed by atoms with van der Waals surface area (Å²) in [5.74, 6) is 0.812. The van der Waals surface area contributed by atoms with Gasteiger partial charge in [0.15, 0.2) is 0 Å². The van der Waals surface area contributed by atoms with Gasteiger partial charge in [-0.15, -0.1) is 0 Å². The van der Waals surface area contributed by atoms with Gasteiger partial charge in [-0.1, -0.05) is 43.3 Å². The Labute approximate surface area is 152 Å². The number of carbonyl (C=O) groups is 1. The lowest BCUT2D eigenvalue weighted by atomic mass is 10.1. The highest BCUT2D eigenvalue weighted by atomic mass is 16.5. The second-order valence-corrected chi connectivity index (χ2v) is 6.43. The van der Waals surface area contributed by atoms with Crippen LogP contribution < -0.4 is 4.74 Å². The summed E-state index contributed by atoms with van der Waals surface area (Å²) in [6.07, 6.45) is 2.82. The van der Waals surface area contributed by atoms with Crippen LogP contribution in [0.15, 0.2) is 54.7 Å². The average Bonchev–Trinajstić information content (AvgIpc) is 3.30. The number of aromatic amines is 1. The molecule has 0 saturated heterocycles. The van der Waals surface area contributed by atoms with Crippen molar-refractivity contribution in [3.63, 3.8) is 0 Å². The third kappa shape index (κ3) is 3.02. The molecule has 1 unspecified atom stereocenters. The van der Waals surface area contributed by atoms with E-state index in [0.717, 1.165) is 53.1 Å². The van der Waals surface area contributed by atoms with Crippen molar-refractivity contribution in [2.24, 2.45) is 0 Å². The molecule has 0 spiro atoms. The van der Waals surface area contributed by atoms with E-state index in [2.05, 4.69) is 22.0 Å². The van der Waals surface area contributed by atoms with Crippen LogP contribution in [0, 0.1) is 0 Å². The molecule has 5 heteroatoms. The summed E-state index contributed by atoms with van der Waals surface area (Å²) in [6, 6.07) is 16.0. The predicted molar refractivity (Wildman–Crippen MR) is 99.7 cm³/mol. The minimum absolute atomic E-state index is 0.136. The van der Waals surface area contributed by atoms with Gasteiger partial charge in [0.2, 0.25) is 0 Å². The highest BCUT2D eigenvalue weighted by molar-refractivity contribution is 5.65. The first-order valence-electron chi connectivity index (χ1n) is 8.82. The van der Waals surface area contributed by atoms with Gasteiger partial charge in [-0.3, -0.25) is 10.00 Å². The SMILES string of the molecule is CCN1Cc2cc(OCc3cn[nH]c3-c3ccccc3)ccc2C1C=O. The van der Waals surface area contributed by atoms with Gasteiger partial charge >= 0.3 is 0 Å². The number of likely N-dealkylation sites (N-methyl/N-ethyl adjacent to an activating group) is 1. The van der Waals surface area contributed by atoms with Crippen molar-refractivity contribution in [3.8, 4) is 17.0 Å². The minimum Gasteiger partial charge on any atom is -0.489 e. The Hall–Kier alpha value is -2.92. The summed E-state index contributed by atoms with van der Waals surface area (Å²) in [5, 5.41) is 7.21. The van der Waals surface area contributed by atoms with E-state index in [9.17, 15) is 4.79 Å². The van der Waals surface area contributed by atoms with Crippen molar-refractivity contribution in [2.45, 2.75) is 26.1 Å². The van der Waals surface area contributed by atoms with Crippen LogP contribution in [-0.4, -0.2) is 27.9 Å². The van der Waals surface area contributed by atoms with Gasteiger partial charge < -0.3 is 9.53 Å². The number of carbonyl (C=O) groups excluding carboxylic acids is 1. The standard InChI is InChI=1S/C21H21N3O2/c1-2-24-12-16-10-18(8-9-19(16)20(24)13-25)26-14-17-11-22-23-21(17)15-6-4-3-5-7-15/h3-11,13,20H,2,12,14H2,1H3,(H,22,23). The molecule has 1 N–H and O–H groups in total. The maximum absolute atomic E-state index is 11.4. The second-order valence-electron chi connectivity index (χ2n) is 6.43. The Balaban J connectivity index is 1.51. The van der Waals surface area contributed by atoms with Crippen LogP contribution >= 0.6 is 0 Å². The minimum atomic E-state index is -0.136. The van der Waals surface area contributed by atoms with Crippen molar-refractivity contribution in [1.29, 1.82) is 0 Å². The van der Waals surface area contributed by atoms with Gasteiger partial charge in [0.25, 0.3) is 0 Å². The fraction of sp³-hybridized carbons (Fsp3) is 0.238. The lowest BCUT2D eigenvalue weighted by Gasteiger charge is -2.17. The quantitative estimate of drug-likeness (QED) is 0.690. The topological polar surface area (TPSA) is 58.2 Å². The predicted octanol–water partition coefficient (Wildman–Crippen LogP) is 3.73. The smallest absolute Gasteiger partial charge is 0.141 e. The average molecular weight is 347 g/mol. The molecular weight excluding hydrogens is 326 g/mol. The number of ether oxygens (including phenoxy) is 1. The molecule has 1 aliphatic heterocycles. The Morgan fingerprint density at radius 2 is 2.12 bits per heavy atom. The van der Waals surface area contributed by atoms with E-state index < -0.39 is 0 Å². The molecule has 0 amide bonds. The molecule has 1 atom stereocenters. The van der Waals surface area contributed by atoms with Crippen molar-refractivity contribution in [2.75, 3.05) is 6.54 Å². The van der Waals surface area contributed by atoms with Gasteiger partial charge in [-0.25, -0.2) is 0 Å². The number of nitrogens with one attached hydrogen (secondary N) is 1. The fourth-order valence-corrected chi connectivity index (χ4v) is 3.52. The molecule has 0 saturated carbocycles. The van der Waals surface area contributed by atoms with Crippen LogP contribution in [0.1, 0.15) is 29.7 Å². The Bertz CT molecular complexity index is 905. The summed E-state index contributed by atoms with van der Waals surface area (Å²) in [4.78, 5) is 13.6. The molecule has 3 aromatic rings. The zero-order valence-electron chi connectivity index (χ0n) is 14.7. The molecule has 0 aliphatic carbocycles. The molecule has 2 aromatic carbocycles. The van der Waals surface area contributed by atoms with E-state index in [0.29, 0.717) is 6.61 Å². The number of aldehydes is 1. The molecular formula is C21H21N3O2. The summed E-state index contributed by atoms with van der Waals surface area (Å²) >= 11 is 0. The third-order valence-corrected chi connectivity index (χ3v) is 4.91. The van der Waals surface area contributed by atoms with Gasteiger partial charge in [0.1, 0.15) is 18.6 Å². The second kappa shape index (κ2) is 7.14. The zero-order valence-corrected chi connectivity index (χ0v) is 14.7. The maximum Gasteiger partial charge on any atom is 0.141 e. The normalized spacial score (nSPS) is 16.4. The first-order valence-corrected chi connectivity index (χ1v) is 8.82. The molecule has 2 heterocycles. The monoisotopic (exact) mass is 347 g/mol. The lowest BCUT2D eigenvalue weighted by Crippen LogP contribution is -2.22. The number of hydrogen-bond acceptors (Lipinski definition) is 4. The molecule has 0 radical (unpaired) electrons. The highest BCUT2D eigenvalue weighted by Gasteiger charge is 2.28. The van der Waals surface area contributed by atoms with Crippen LogP contribution in [0.25, 0.3) is 11.3 Å². The molecule has 0 fully saturated rings. The number of nitrogens with zero attached hydrogens (tertiary/aromatic N) is 2. The van der Waals surface area contributed by atoms with E-state index in [-0.39, 0.29) is 6.04 Å². The van der Waals surface area contributed by atoms with E-state index in [1.165, 1.54) is 0 Å². The number of benzene rings is 2. The van der Waals surface area contributed by atoms with Crippen LogP contribution in [0.3, 0.4) is 0 Å². The summed E-state index contributed by atoms with van der Waals surface area (Å²) in [5.41, 5.74) is 5.33. The first-order chi connectivity index (χ1) is 12.8. The maximum atomic E-state index is 11.4. The summed E-state index contributed by atoms with van der Waals surface area (Å²) in [7, 11) is 0. The third-order valence-electron chi connectivity index (χ3n) is 4.91. The first kappa shape index (κ1) is 16.5. The number of hydrogen-bond donors (Lipinski definition) is 1. The van der Waals surface area contributed by atoms with Crippen molar-refractivity contribution < 1.29 is 9.53 Å². The van der Waals surface area contributed by atoms with Crippen molar-refractivity contribution in [1.82, 2.24) is 15.1 Å². The van der Waals surface area contributed by atoms with E-state index in [4.69, 9.17) is 4.74 Å². The summed E-state index contributed by atoms with van der Waals surface area (Å²) in [6.45, 7) is 4.15. The molecule has 4 rings (SSSR count). The van der Waals surface area contributed by atoms with Crippen LogP contribution in [0.5, 0.6) is 5.75 Å². The Morgan fingerprint density at radius 1 is 1.27 bits per heavy atom. The Morgan fingerprint density at radius 3 is 2.88 bits per heavy atom. The van der Waals surface area contributed by atoms with Gasteiger partial charge in [-0.2, -0.15) is 5.10 Å². The highest BCUT2D eigenvalue weighted by Crippen LogP contribution is 2.34. The van der Waals surface area contributed by atoms with Gasteiger partial charge in [0.05, 0.1) is 17.9 Å². The van der Waals surface area contributed by atoms with Crippen molar-refractivity contribution >= 4 is 6.29 Å².